The minimum Gasteiger partial charge on any atom is -0.449 e. The molecule has 0 saturated carbocycles. The molecule has 2 heterocycles. The van der Waals surface area contributed by atoms with Crippen molar-refractivity contribution in [3.05, 3.63) is 70.5 Å². The third kappa shape index (κ3) is 3.25. The van der Waals surface area contributed by atoms with Gasteiger partial charge >= 0.3 is 0 Å². The maximum Gasteiger partial charge on any atom is 0.287 e. The number of benzene rings is 2. The summed E-state index contributed by atoms with van der Waals surface area (Å²) in [6, 6.07) is 10.5. The summed E-state index contributed by atoms with van der Waals surface area (Å²) in [4.78, 5) is 16.9. The van der Waals surface area contributed by atoms with Gasteiger partial charge < -0.3 is 14.3 Å². The summed E-state index contributed by atoms with van der Waals surface area (Å²) in [5.41, 5.74) is 1.77. The number of carbonyl (C=O) groups excluding carboxylic acids is 1. The van der Waals surface area contributed by atoms with Gasteiger partial charge in [-0.15, -0.1) is 0 Å². The van der Waals surface area contributed by atoms with Crippen molar-refractivity contribution in [1.29, 1.82) is 0 Å². The summed E-state index contributed by atoms with van der Waals surface area (Å²) in [5.74, 6) is -0.0660. The number of nitrogens with zero attached hydrogens (tertiary/aromatic N) is 2. The van der Waals surface area contributed by atoms with E-state index in [1.54, 1.807) is 38.1 Å². The summed E-state index contributed by atoms with van der Waals surface area (Å²) in [6.07, 6.45) is 0. The number of aryl methyl sites for hydroxylation is 1. The Balaban J connectivity index is 1.55. The molecule has 0 aliphatic heterocycles. The van der Waals surface area contributed by atoms with Gasteiger partial charge in [0.05, 0.1) is 5.02 Å². The first-order valence-corrected chi connectivity index (χ1v) is 8.90. The van der Waals surface area contributed by atoms with Crippen LogP contribution in [-0.4, -0.2) is 16.0 Å². The molecule has 4 rings (SSSR count). The lowest BCUT2D eigenvalue weighted by Gasteiger charge is -2.08. The van der Waals surface area contributed by atoms with Crippen molar-refractivity contribution in [2.45, 2.75) is 19.9 Å². The molecule has 4 aromatic rings. The number of hydrogen-bond donors (Lipinski definition) is 1. The number of rotatable bonds is 4. The molecule has 2 aromatic heterocycles. The van der Waals surface area contributed by atoms with Crippen LogP contribution in [0, 0.1) is 12.7 Å². The van der Waals surface area contributed by atoms with E-state index in [0.29, 0.717) is 27.6 Å². The van der Waals surface area contributed by atoms with Crippen molar-refractivity contribution in [3.8, 4) is 11.4 Å². The third-order valence-corrected chi connectivity index (χ3v) is 4.68. The minimum absolute atomic E-state index is 0.174. The quantitative estimate of drug-likeness (QED) is 0.517. The predicted molar refractivity (Wildman–Crippen MR) is 102 cm³/mol. The Kier molecular flexibility index (Phi) is 4.60. The fraction of sp³-hybridized carbons (Fsp3) is 0.150. The second-order valence-corrected chi connectivity index (χ2v) is 6.74. The zero-order chi connectivity index (χ0) is 19.8. The number of carbonyl (C=O) groups is 1. The summed E-state index contributed by atoms with van der Waals surface area (Å²) in [7, 11) is 0. The molecule has 28 heavy (non-hydrogen) atoms. The largest absolute Gasteiger partial charge is 0.449 e. The molecule has 6 nitrogen and oxygen atoms in total. The summed E-state index contributed by atoms with van der Waals surface area (Å²) in [6.45, 7) is 3.51. The van der Waals surface area contributed by atoms with Gasteiger partial charge in [-0.05, 0) is 44.2 Å². The number of para-hydroxylation sites is 1. The minimum atomic E-state index is -0.558. The van der Waals surface area contributed by atoms with Gasteiger partial charge in [0.15, 0.2) is 11.3 Å². The molecule has 0 fully saturated rings. The number of aromatic nitrogens is 2. The van der Waals surface area contributed by atoms with Gasteiger partial charge in [-0.2, -0.15) is 4.98 Å². The fourth-order valence-electron chi connectivity index (χ4n) is 2.88. The molecule has 0 aliphatic carbocycles. The number of halogens is 2. The number of nitrogens with one attached hydrogen (secondary N) is 1. The topological polar surface area (TPSA) is 81.2 Å². The molecule has 0 spiro atoms. The number of amides is 1. The van der Waals surface area contributed by atoms with Crippen molar-refractivity contribution in [2.75, 3.05) is 0 Å². The van der Waals surface area contributed by atoms with Crippen LogP contribution in [0.1, 0.15) is 35.0 Å². The first-order valence-electron chi connectivity index (χ1n) is 8.52. The summed E-state index contributed by atoms with van der Waals surface area (Å²) >= 11 is 6.14. The van der Waals surface area contributed by atoms with Crippen LogP contribution < -0.4 is 5.32 Å². The normalized spacial score (nSPS) is 12.3. The van der Waals surface area contributed by atoms with Gasteiger partial charge in [-0.25, -0.2) is 4.39 Å². The Morgan fingerprint density at radius 3 is 2.68 bits per heavy atom. The van der Waals surface area contributed by atoms with Gasteiger partial charge in [-0.1, -0.05) is 28.9 Å². The highest BCUT2D eigenvalue weighted by Gasteiger charge is 2.23. The Hall–Kier alpha value is -3.19. The van der Waals surface area contributed by atoms with Crippen molar-refractivity contribution >= 4 is 28.5 Å². The maximum absolute atomic E-state index is 13.0. The van der Waals surface area contributed by atoms with E-state index >= 15 is 0 Å². The predicted octanol–water partition coefficient (Wildman–Crippen LogP) is 5.07. The lowest BCUT2D eigenvalue weighted by Crippen LogP contribution is -2.27. The van der Waals surface area contributed by atoms with Crippen LogP contribution in [0.5, 0.6) is 0 Å². The number of furan rings is 1. The molecule has 8 heteroatoms. The van der Waals surface area contributed by atoms with E-state index in [1.807, 2.05) is 6.07 Å². The average Bonchev–Trinajstić information content (AvgIpc) is 3.29. The molecule has 1 atom stereocenters. The lowest BCUT2D eigenvalue weighted by atomic mass is 10.1. The molecule has 0 saturated heterocycles. The average molecular weight is 400 g/mol. The Bertz CT molecular complexity index is 1170. The van der Waals surface area contributed by atoms with E-state index < -0.39 is 11.9 Å². The van der Waals surface area contributed by atoms with E-state index in [2.05, 4.69) is 15.5 Å². The third-order valence-electron chi connectivity index (χ3n) is 4.38. The molecule has 0 bridgehead atoms. The highest BCUT2D eigenvalue weighted by atomic mass is 35.5. The summed E-state index contributed by atoms with van der Waals surface area (Å²) in [5, 5.41) is 7.87. The van der Waals surface area contributed by atoms with Crippen molar-refractivity contribution < 1.29 is 18.1 Å². The molecule has 142 valence electrons. The SMILES string of the molecule is Cc1c(C(=O)NC(C)c2nc(-c3ccc(F)cc3)no2)oc2c(Cl)cccc12. The van der Waals surface area contributed by atoms with Crippen molar-refractivity contribution in [2.24, 2.45) is 0 Å². The van der Waals surface area contributed by atoms with E-state index in [1.165, 1.54) is 12.1 Å². The molecular formula is C20H15ClFN3O3. The number of hydrogen-bond acceptors (Lipinski definition) is 5. The van der Waals surface area contributed by atoms with Crippen LogP contribution >= 0.6 is 11.6 Å². The first-order chi connectivity index (χ1) is 13.4. The monoisotopic (exact) mass is 399 g/mol. The smallest absolute Gasteiger partial charge is 0.287 e. The van der Waals surface area contributed by atoms with Crippen LogP contribution in [-0.2, 0) is 0 Å². The van der Waals surface area contributed by atoms with Gasteiger partial charge in [0, 0.05) is 16.5 Å². The van der Waals surface area contributed by atoms with E-state index in [0.717, 1.165) is 5.39 Å². The highest BCUT2D eigenvalue weighted by molar-refractivity contribution is 6.35. The second-order valence-electron chi connectivity index (χ2n) is 6.33. The Morgan fingerprint density at radius 2 is 1.96 bits per heavy atom. The van der Waals surface area contributed by atoms with Crippen LogP contribution in [0.4, 0.5) is 4.39 Å². The Labute approximate surface area is 164 Å². The second kappa shape index (κ2) is 7.09. The van der Waals surface area contributed by atoms with E-state index in [-0.39, 0.29) is 17.5 Å². The van der Waals surface area contributed by atoms with Gasteiger partial charge in [0.1, 0.15) is 11.9 Å². The molecule has 1 amide bonds. The Morgan fingerprint density at radius 1 is 1.21 bits per heavy atom. The van der Waals surface area contributed by atoms with Crippen LogP contribution in [0.2, 0.25) is 5.02 Å². The van der Waals surface area contributed by atoms with Crippen molar-refractivity contribution in [3.63, 3.8) is 0 Å². The molecular weight excluding hydrogens is 385 g/mol. The lowest BCUT2D eigenvalue weighted by molar-refractivity contribution is 0.0905. The van der Waals surface area contributed by atoms with Crippen LogP contribution in [0.3, 0.4) is 0 Å². The maximum atomic E-state index is 13.0. The van der Waals surface area contributed by atoms with Gasteiger partial charge in [-0.3, -0.25) is 4.79 Å². The zero-order valence-corrected chi connectivity index (χ0v) is 15.7. The molecule has 1 unspecified atom stereocenters. The van der Waals surface area contributed by atoms with Crippen molar-refractivity contribution in [1.82, 2.24) is 15.5 Å². The first kappa shape index (κ1) is 18.2. The zero-order valence-electron chi connectivity index (χ0n) is 15.0. The van der Waals surface area contributed by atoms with Gasteiger partial charge in [0.25, 0.3) is 5.91 Å². The molecule has 0 radical (unpaired) electrons. The molecule has 2 aromatic carbocycles. The van der Waals surface area contributed by atoms with Crippen LogP contribution in [0.25, 0.3) is 22.4 Å². The fourth-order valence-corrected chi connectivity index (χ4v) is 3.09. The summed E-state index contributed by atoms with van der Waals surface area (Å²) < 4.78 is 23.9. The number of fused-ring (bicyclic) bond motifs is 1. The standard InChI is InChI=1S/C20H15ClFN3O3/c1-10-14-4-3-5-15(21)17(14)27-16(10)19(26)23-11(2)20-24-18(25-28-20)12-6-8-13(22)9-7-12/h3-9,11H,1-2H3,(H,23,26). The van der Waals surface area contributed by atoms with Crippen LogP contribution in [0.15, 0.2) is 51.4 Å². The highest BCUT2D eigenvalue weighted by Crippen LogP contribution is 2.31. The molecule has 0 aliphatic rings. The molecule has 1 N–H and O–H groups in total. The van der Waals surface area contributed by atoms with Gasteiger partial charge in [0.2, 0.25) is 11.7 Å². The van der Waals surface area contributed by atoms with E-state index in [4.69, 9.17) is 20.5 Å². The van der Waals surface area contributed by atoms with E-state index in [9.17, 15) is 9.18 Å².